The van der Waals surface area contributed by atoms with Crippen LogP contribution in [0.15, 0.2) is 24.3 Å². The van der Waals surface area contributed by atoms with Crippen molar-refractivity contribution in [2.24, 2.45) is 11.8 Å². The van der Waals surface area contributed by atoms with Gasteiger partial charge in [-0.1, -0.05) is 45.0 Å². The Balaban J connectivity index is 1.96. The van der Waals surface area contributed by atoms with Crippen molar-refractivity contribution in [2.75, 3.05) is 31.7 Å². The molecule has 1 aromatic rings. The highest BCUT2D eigenvalue weighted by atomic mass is 32.2. The molecule has 1 aromatic carbocycles. The van der Waals surface area contributed by atoms with Gasteiger partial charge in [-0.3, -0.25) is 4.90 Å². The molecule has 2 rings (SSSR count). The van der Waals surface area contributed by atoms with Crippen LogP contribution in [0.25, 0.3) is 0 Å². The Bertz CT molecular complexity index is 654. The molecule has 1 fully saturated rings. The molecule has 0 bridgehead atoms. The van der Waals surface area contributed by atoms with Crippen LogP contribution in [0.3, 0.4) is 0 Å². The predicted octanol–water partition coefficient (Wildman–Crippen LogP) is 3.72. The van der Waals surface area contributed by atoms with E-state index in [1.165, 1.54) is 18.2 Å². The Morgan fingerprint density at radius 2 is 1.85 bits per heavy atom. The van der Waals surface area contributed by atoms with E-state index < -0.39 is 9.84 Å². The van der Waals surface area contributed by atoms with Crippen LogP contribution >= 0.6 is 0 Å². The molecule has 5 heteroatoms. The number of nitrogens with zero attached hydrogens (tertiary/aromatic N) is 1. The Hall–Kier alpha value is -0.910. The molecule has 2 unspecified atom stereocenters. The molecule has 1 aliphatic rings. The lowest BCUT2D eigenvalue weighted by molar-refractivity contribution is -0.0486. The molecule has 4 nitrogen and oxygen atoms in total. The molecule has 0 amide bonds. The Kier molecular flexibility index (Phi) is 7.68. The molecular formula is C21H35NO3S. The van der Waals surface area contributed by atoms with Gasteiger partial charge in [0.1, 0.15) is 9.84 Å². The van der Waals surface area contributed by atoms with Gasteiger partial charge in [0.2, 0.25) is 0 Å². The van der Waals surface area contributed by atoms with Crippen molar-refractivity contribution in [3.05, 3.63) is 35.4 Å². The highest BCUT2D eigenvalue weighted by Gasteiger charge is 2.31. The normalized spacial score (nSPS) is 23.3. The van der Waals surface area contributed by atoms with E-state index in [0.717, 1.165) is 31.8 Å². The number of benzene rings is 1. The molecule has 0 aliphatic carbocycles. The molecule has 0 N–H and O–H groups in total. The molecule has 1 aliphatic heterocycles. The molecule has 1 saturated heterocycles. The first-order valence-corrected chi connectivity index (χ1v) is 11.9. The van der Waals surface area contributed by atoms with Crippen molar-refractivity contribution in [1.29, 1.82) is 0 Å². The van der Waals surface area contributed by atoms with Crippen molar-refractivity contribution in [3.8, 4) is 0 Å². The second kappa shape index (κ2) is 9.34. The minimum absolute atomic E-state index is 0.0307. The highest BCUT2D eigenvalue weighted by molar-refractivity contribution is 7.90. The molecule has 0 saturated carbocycles. The second-order valence-corrected chi connectivity index (χ2v) is 10.3. The van der Waals surface area contributed by atoms with E-state index in [1.807, 2.05) is 6.92 Å². The fraction of sp³-hybridized carbons (Fsp3) is 0.714. The minimum Gasteiger partial charge on any atom is -0.377 e. The van der Waals surface area contributed by atoms with Crippen molar-refractivity contribution in [2.45, 2.75) is 52.7 Å². The average Bonchev–Trinajstić information content (AvgIpc) is 2.54. The lowest BCUT2D eigenvalue weighted by Gasteiger charge is -2.40. The van der Waals surface area contributed by atoms with E-state index in [2.05, 4.69) is 49.9 Å². The molecular weight excluding hydrogens is 346 g/mol. The molecule has 1 heterocycles. The first-order chi connectivity index (χ1) is 12.2. The van der Waals surface area contributed by atoms with Crippen LogP contribution in [0.1, 0.15) is 51.2 Å². The minimum atomic E-state index is -2.95. The molecule has 0 aromatic heterocycles. The van der Waals surface area contributed by atoms with E-state index >= 15 is 0 Å². The first kappa shape index (κ1) is 21.4. The lowest BCUT2D eigenvalue weighted by Crippen LogP contribution is -2.46. The van der Waals surface area contributed by atoms with Crippen molar-refractivity contribution < 1.29 is 13.2 Å². The molecule has 26 heavy (non-hydrogen) atoms. The molecule has 0 radical (unpaired) electrons. The third-order valence-corrected chi connectivity index (χ3v) is 6.54. The average molecular weight is 382 g/mol. The number of rotatable bonds is 8. The van der Waals surface area contributed by atoms with E-state index in [1.54, 1.807) is 0 Å². The zero-order valence-electron chi connectivity index (χ0n) is 16.9. The summed E-state index contributed by atoms with van der Waals surface area (Å²) in [4.78, 5) is 2.48. The summed E-state index contributed by atoms with van der Waals surface area (Å²) in [6.45, 7) is 12.4. The summed E-state index contributed by atoms with van der Waals surface area (Å²) in [5, 5.41) is 0. The number of sulfone groups is 1. The van der Waals surface area contributed by atoms with E-state index in [9.17, 15) is 8.42 Å². The Morgan fingerprint density at radius 1 is 1.19 bits per heavy atom. The number of hydrogen-bond acceptors (Lipinski definition) is 4. The monoisotopic (exact) mass is 381 g/mol. The fourth-order valence-corrected chi connectivity index (χ4v) is 5.16. The number of piperidine rings is 1. The van der Waals surface area contributed by atoms with Crippen LogP contribution in [0, 0.1) is 11.8 Å². The maximum atomic E-state index is 11.5. The van der Waals surface area contributed by atoms with Crippen molar-refractivity contribution >= 4 is 9.84 Å². The van der Waals surface area contributed by atoms with Crippen LogP contribution in [-0.4, -0.2) is 51.1 Å². The van der Waals surface area contributed by atoms with Gasteiger partial charge >= 0.3 is 0 Å². The third kappa shape index (κ3) is 6.36. The SMILES string of the molecule is CCOC1CN(Cc2ccc([C@@H](C)CS(C)(=O)=O)cc2)CCC1C(C)C. The summed E-state index contributed by atoms with van der Waals surface area (Å²) in [5.41, 5.74) is 2.36. The quantitative estimate of drug-likeness (QED) is 0.688. The van der Waals surface area contributed by atoms with Gasteiger partial charge in [-0.15, -0.1) is 0 Å². The first-order valence-electron chi connectivity index (χ1n) is 9.80. The van der Waals surface area contributed by atoms with Crippen LogP contribution in [-0.2, 0) is 21.1 Å². The van der Waals surface area contributed by atoms with E-state index in [4.69, 9.17) is 4.74 Å². The van der Waals surface area contributed by atoms with Crippen LogP contribution in [0.2, 0.25) is 0 Å². The van der Waals surface area contributed by atoms with Gasteiger partial charge in [-0.25, -0.2) is 8.42 Å². The topological polar surface area (TPSA) is 46.6 Å². The summed E-state index contributed by atoms with van der Waals surface area (Å²) in [5.74, 6) is 1.53. The van der Waals surface area contributed by atoms with Crippen LogP contribution in [0.4, 0.5) is 0 Å². The van der Waals surface area contributed by atoms with Crippen LogP contribution < -0.4 is 0 Å². The molecule has 3 atom stereocenters. The predicted molar refractivity (Wildman–Crippen MR) is 108 cm³/mol. The standard InChI is InChI=1S/C21H35NO3S/c1-6-25-21-14-22(12-11-20(21)16(2)3)13-18-7-9-19(10-8-18)17(4)15-26(5,23)24/h7-10,16-17,20-21H,6,11-15H2,1-5H3/t17-,20?,21?/m0/s1. The van der Waals surface area contributed by atoms with Crippen LogP contribution in [0.5, 0.6) is 0 Å². The lowest BCUT2D eigenvalue weighted by atomic mass is 9.84. The van der Waals surface area contributed by atoms with Gasteiger partial charge in [0.15, 0.2) is 0 Å². The summed E-state index contributed by atoms with van der Waals surface area (Å²) in [6, 6.07) is 8.43. The molecule has 148 valence electrons. The van der Waals surface area contributed by atoms with Gasteiger partial charge < -0.3 is 4.74 Å². The summed E-state index contributed by atoms with van der Waals surface area (Å²) < 4.78 is 29.0. The van der Waals surface area contributed by atoms with Gasteiger partial charge in [-0.05, 0) is 48.8 Å². The summed E-state index contributed by atoms with van der Waals surface area (Å²) >= 11 is 0. The highest BCUT2D eigenvalue weighted by Crippen LogP contribution is 2.28. The summed E-state index contributed by atoms with van der Waals surface area (Å²) in [6.07, 6.45) is 2.81. The Labute approximate surface area is 159 Å². The largest absolute Gasteiger partial charge is 0.377 e. The van der Waals surface area contributed by atoms with Crippen molar-refractivity contribution in [1.82, 2.24) is 4.90 Å². The maximum Gasteiger partial charge on any atom is 0.148 e. The van der Waals surface area contributed by atoms with Gasteiger partial charge in [-0.2, -0.15) is 0 Å². The summed E-state index contributed by atoms with van der Waals surface area (Å²) in [7, 11) is -2.95. The third-order valence-electron chi connectivity index (χ3n) is 5.44. The second-order valence-electron chi connectivity index (χ2n) is 8.16. The van der Waals surface area contributed by atoms with E-state index in [-0.39, 0.29) is 11.7 Å². The van der Waals surface area contributed by atoms with Gasteiger partial charge in [0.25, 0.3) is 0 Å². The zero-order chi connectivity index (χ0) is 19.3. The smallest absolute Gasteiger partial charge is 0.148 e. The number of likely N-dealkylation sites (tertiary alicyclic amines) is 1. The van der Waals surface area contributed by atoms with Gasteiger partial charge in [0, 0.05) is 26.0 Å². The zero-order valence-corrected chi connectivity index (χ0v) is 17.8. The number of ether oxygens (including phenoxy) is 1. The Morgan fingerprint density at radius 3 is 2.38 bits per heavy atom. The fourth-order valence-electron chi connectivity index (χ4n) is 4.06. The van der Waals surface area contributed by atoms with Crippen molar-refractivity contribution in [3.63, 3.8) is 0 Å². The number of hydrogen-bond donors (Lipinski definition) is 0. The van der Waals surface area contributed by atoms with Gasteiger partial charge in [0.05, 0.1) is 11.9 Å². The van der Waals surface area contributed by atoms with E-state index in [0.29, 0.717) is 17.9 Å². The maximum absolute atomic E-state index is 11.5. The molecule has 0 spiro atoms.